The molecule has 1 aliphatic heterocycles. The Kier molecular flexibility index (Phi) is 4.36. The number of nitrogen functional groups attached to an aromatic ring is 1. The molecule has 0 spiro atoms. The molecule has 106 valence electrons. The second kappa shape index (κ2) is 6.01. The highest BCUT2D eigenvalue weighted by atomic mass is 19.3. The largest absolute Gasteiger partial charge is 0.432 e. The molecule has 1 fully saturated rings. The summed E-state index contributed by atoms with van der Waals surface area (Å²) in [4.78, 5) is 0. The Morgan fingerprint density at radius 3 is 2.84 bits per heavy atom. The summed E-state index contributed by atoms with van der Waals surface area (Å²) in [5.41, 5.74) is 6.16. The molecule has 0 aromatic heterocycles. The maximum Gasteiger partial charge on any atom is 0.387 e. The Morgan fingerprint density at radius 1 is 1.42 bits per heavy atom. The minimum atomic E-state index is -3.08. The highest BCUT2D eigenvalue weighted by molar-refractivity contribution is 5.69. The monoisotopic (exact) mass is 276 g/mol. The van der Waals surface area contributed by atoms with Crippen molar-refractivity contribution in [2.75, 3.05) is 24.3 Å². The van der Waals surface area contributed by atoms with Gasteiger partial charge in [0.1, 0.15) is 0 Å². The van der Waals surface area contributed by atoms with Crippen LogP contribution < -0.4 is 15.8 Å². The summed E-state index contributed by atoms with van der Waals surface area (Å²) in [6.45, 7) is -1.87. The van der Waals surface area contributed by atoms with Crippen LogP contribution in [0.4, 0.5) is 24.5 Å². The van der Waals surface area contributed by atoms with Crippen LogP contribution in [0.15, 0.2) is 12.1 Å². The van der Waals surface area contributed by atoms with Crippen LogP contribution in [0.25, 0.3) is 0 Å². The van der Waals surface area contributed by atoms with E-state index in [9.17, 15) is 13.2 Å². The molecule has 0 radical (unpaired) electrons. The summed E-state index contributed by atoms with van der Waals surface area (Å²) in [5.74, 6) is -1.44. The van der Waals surface area contributed by atoms with Gasteiger partial charge in [-0.2, -0.15) is 8.78 Å². The average Bonchev–Trinajstić information content (AvgIpc) is 2.36. The van der Waals surface area contributed by atoms with Gasteiger partial charge in [0.15, 0.2) is 11.6 Å². The van der Waals surface area contributed by atoms with Gasteiger partial charge in [0, 0.05) is 24.8 Å². The van der Waals surface area contributed by atoms with E-state index in [-0.39, 0.29) is 11.7 Å². The van der Waals surface area contributed by atoms with Crippen molar-refractivity contribution in [1.82, 2.24) is 0 Å². The predicted molar refractivity (Wildman–Crippen MR) is 64.9 cm³/mol. The lowest BCUT2D eigenvalue weighted by Crippen LogP contribution is -2.30. The van der Waals surface area contributed by atoms with E-state index in [1.807, 2.05) is 0 Å². The van der Waals surface area contributed by atoms with Gasteiger partial charge in [-0.05, 0) is 12.8 Å². The van der Waals surface area contributed by atoms with Gasteiger partial charge in [0.25, 0.3) is 0 Å². The molecule has 1 atom stereocenters. The van der Waals surface area contributed by atoms with Crippen LogP contribution in [0.1, 0.15) is 12.8 Å². The van der Waals surface area contributed by atoms with Gasteiger partial charge in [-0.25, -0.2) is 4.39 Å². The first-order chi connectivity index (χ1) is 9.06. The van der Waals surface area contributed by atoms with Crippen LogP contribution in [0.2, 0.25) is 0 Å². The maximum atomic E-state index is 13.4. The average molecular weight is 276 g/mol. The molecule has 1 unspecified atom stereocenters. The Balaban J connectivity index is 2.14. The topological polar surface area (TPSA) is 56.5 Å². The number of alkyl halides is 2. The summed E-state index contributed by atoms with van der Waals surface area (Å²) < 4.78 is 47.0. The first-order valence-corrected chi connectivity index (χ1v) is 5.94. The van der Waals surface area contributed by atoms with E-state index in [0.717, 1.165) is 25.0 Å². The third-order valence-corrected chi connectivity index (χ3v) is 2.84. The molecule has 1 aliphatic rings. The van der Waals surface area contributed by atoms with E-state index in [4.69, 9.17) is 10.5 Å². The third-order valence-electron chi connectivity index (χ3n) is 2.84. The van der Waals surface area contributed by atoms with Crippen LogP contribution in [0.3, 0.4) is 0 Å². The SMILES string of the molecule is Nc1cc(F)c(OC(F)F)cc1NC1CCCOC1. The minimum absolute atomic E-state index is 0.0286. The van der Waals surface area contributed by atoms with Crippen molar-refractivity contribution in [3.05, 3.63) is 17.9 Å². The Labute approximate surface area is 108 Å². The maximum absolute atomic E-state index is 13.4. The van der Waals surface area contributed by atoms with Gasteiger partial charge in [-0.15, -0.1) is 0 Å². The fourth-order valence-corrected chi connectivity index (χ4v) is 1.95. The molecule has 19 heavy (non-hydrogen) atoms. The van der Waals surface area contributed by atoms with Gasteiger partial charge in [-0.3, -0.25) is 0 Å². The number of rotatable bonds is 4. The summed E-state index contributed by atoms with van der Waals surface area (Å²) in [6, 6.07) is 2.13. The number of hydrogen-bond acceptors (Lipinski definition) is 4. The minimum Gasteiger partial charge on any atom is -0.432 e. The summed E-state index contributed by atoms with van der Waals surface area (Å²) in [7, 11) is 0. The van der Waals surface area contributed by atoms with Crippen molar-refractivity contribution in [1.29, 1.82) is 0 Å². The predicted octanol–water partition coefficient (Wildman–Crippen LogP) is 2.60. The van der Waals surface area contributed by atoms with Gasteiger partial charge >= 0.3 is 6.61 Å². The number of benzene rings is 1. The lowest BCUT2D eigenvalue weighted by atomic mass is 10.1. The van der Waals surface area contributed by atoms with Crippen LogP contribution in [-0.4, -0.2) is 25.9 Å². The smallest absolute Gasteiger partial charge is 0.387 e. The normalized spacial score (nSPS) is 19.5. The lowest BCUT2D eigenvalue weighted by molar-refractivity contribution is -0.0521. The number of nitrogens with two attached hydrogens (primary N) is 1. The zero-order chi connectivity index (χ0) is 13.8. The van der Waals surface area contributed by atoms with Crippen molar-refractivity contribution in [3.8, 4) is 5.75 Å². The molecule has 0 saturated carbocycles. The molecular formula is C12H15F3N2O2. The first kappa shape index (κ1) is 13.8. The van der Waals surface area contributed by atoms with E-state index in [1.165, 1.54) is 0 Å². The number of halogens is 3. The second-order valence-corrected chi connectivity index (χ2v) is 4.31. The molecule has 7 heteroatoms. The number of hydrogen-bond donors (Lipinski definition) is 2. The molecule has 1 saturated heterocycles. The lowest BCUT2D eigenvalue weighted by Gasteiger charge is -2.25. The van der Waals surface area contributed by atoms with Gasteiger partial charge in [0.2, 0.25) is 0 Å². The standard InChI is InChI=1S/C12H15F3N2O2/c13-8-4-9(16)10(5-11(8)19-12(14)15)17-7-2-1-3-18-6-7/h4-5,7,12,17H,1-3,6,16H2. The van der Waals surface area contributed by atoms with E-state index >= 15 is 0 Å². The van der Waals surface area contributed by atoms with Crippen molar-refractivity contribution >= 4 is 11.4 Å². The fourth-order valence-electron chi connectivity index (χ4n) is 1.95. The highest BCUT2D eigenvalue weighted by Crippen LogP contribution is 2.30. The molecule has 0 amide bonds. The highest BCUT2D eigenvalue weighted by Gasteiger charge is 2.17. The molecule has 0 aliphatic carbocycles. The second-order valence-electron chi connectivity index (χ2n) is 4.31. The number of nitrogens with one attached hydrogen (secondary N) is 1. The van der Waals surface area contributed by atoms with Gasteiger partial charge in [-0.1, -0.05) is 0 Å². The molecule has 1 aromatic rings. The molecule has 3 N–H and O–H groups in total. The summed E-state index contributed by atoms with van der Waals surface area (Å²) in [5, 5.41) is 3.05. The van der Waals surface area contributed by atoms with Crippen LogP contribution in [-0.2, 0) is 4.74 Å². The van der Waals surface area contributed by atoms with Crippen molar-refractivity contribution in [3.63, 3.8) is 0 Å². The van der Waals surface area contributed by atoms with Crippen molar-refractivity contribution in [2.45, 2.75) is 25.5 Å². The zero-order valence-electron chi connectivity index (χ0n) is 10.2. The Hall–Kier alpha value is -1.63. The molecule has 4 nitrogen and oxygen atoms in total. The van der Waals surface area contributed by atoms with Gasteiger partial charge in [0.05, 0.1) is 18.0 Å². The Bertz CT molecular complexity index is 437. The third kappa shape index (κ3) is 3.66. The van der Waals surface area contributed by atoms with Crippen LogP contribution in [0.5, 0.6) is 5.75 Å². The van der Waals surface area contributed by atoms with Gasteiger partial charge < -0.3 is 20.5 Å². The van der Waals surface area contributed by atoms with Crippen LogP contribution in [0, 0.1) is 5.82 Å². The number of ether oxygens (including phenoxy) is 2. The molecular weight excluding hydrogens is 261 g/mol. The molecule has 1 heterocycles. The van der Waals surface area contributed by atoms with E-state index < -0.39 is 18.2 Å². The van der Waals surface area contributed by atoms with Crippen molar-refractivity contribution < 1.29 is 22.6 Å². The zero-order valence-corrected chi connectivity index (χ0v) is 10.2. The first-order valence-electron chi connectivity index (χ1n) is 5.94. The van der Waals surface area contributed by atoms with E-state index in [1.54, 1.807) is 0 Å². The summed E-state index contributed by atoms with van der Waals surface area (Å²) >= 11 is 0. The quantitative estimate of drug-likeness (QED) is 0.830. The molecule has 2 rings (SSSR count). The van der Waals surface area contributed by atoms with Crippen LogP contribution >= 0.6 is 0 Å². The van der Waals surface area contributed by atoms with E-state index in [2.05, 4.69) is 10.1 Å². The fraction of sp³-hybridized carbons (Fsp3) is 0.500. The summed E-state index contributed by atoms with van der Waals surface area (Å²) in [6.07, 6.45) is 1.78. The number of anilines is 2. The van der Waals surface area contributed by atoms with Crippen molar-refractivity contribution in [2.24, 2.45) is 0 Å². The Morgan fingerprint density at radius 2 is 2.21 bits per heavy atom. The molecule has 1 aromatic carbocycles. The molecule has 0 bridgehead atoms. The van der Waals surface area contributed by atoms with E-state index in [0.29, 0.717) is 18.9 Å².